The molecule has 0 heterocycles. The number of hydrogen-bond donors (Lipinski definition) is 2. The molecule has 0 fully saturated rings. The van der Waals surface area contributed by atoms with Crippen molar-refractivity contribution in [3.8, 4) is 11.1 Å². The minimum absolute atomic E-state index is 0.0218. The molecule has 0 aliphatic carbocycles. The number of rotatable bonds is 4. The average molecular weight is 308 g/mol. The van der Waals surface area contributed by atoms with Crippen molar-refractivity contribution in [2.45, 2.75) is 18.6 Å². The van der Waals surface area contributed by atoms with E-state index in [0.29, 0.717) is 16.7 Å². The molecule has 116 valence electrons. The monoisotopic (exact) mass is 308 g/mol. The fraction of sp³-hybridized carbons (Fsp3) is 0.188. The number of alkyl halides is 3. The minimum atomic E-state index is -4.39. The maximum atomic E-state index is 12.8. The van der Waals surface area contributed by atoms with Crippen LogP contribution in [0.5, 0.6) is 0 Å². The lowest BCUT2D eigenvalue weighted by Crippen LogP contribution is -2.20. The summed E-state index contributed by atoms with van der Waals surface area (Å²) in [7, 11) is 0. The van der Waals surface area contributed by atoms with Gasteiger partial charge in [-0.3, -0.25) is 4.79 Å². The summed E-state index contributed by atoms with van der Waals surface area (Å²) < 4.78 is 38.3. The lowest BCUT2D eigenvalue weighted by molar-refractivity contribution is -0.137. The molecule has 22 heavy (non-hydrogen) atoms. The van der Waals surface area contributed by atoms with Crippen molar-refractivity contribution in [3.05, 3.63) is 59.7 Å². The van der Waals surface area contributed by atoms with Crippen LogP contribution in [-0.4, -0.2) is 5.91 Å². The van der Waals surface area contributed by atoms with E-state index in [-0.39, 0.29) is 6.42 Å². The first-order valence-electron chi connectivity index (χ1n) is 6.59. The molecule has 0 aliphatic rings. The number of nitrogens with two attached hydrogens (primary N) is 2. The van der Waals surface area contributed by atoms with Crippen LogP contribution in [0.3, 0.4) is 0 Å². The second-order valence-electron chi connectivity index (χ2n) is 4.98. The molecular formula is C16H15F3N2O. The summed E-state index contributed by atoms with van der Waals surface area (Å²) in [6, 6.07) is 11.2. The summed E-state index contributed by atoms with van der Waals surface area (Å²) in [6.07, 6.45) is -4.41. The Hall–Kier alpha value is -2.34. The van der Waals surface area contributed by atoms with Crippen LogP contribution in [-0.2, 0) is 11.0 Å². The number of benzene rings is 2. The van der Waals surface area contributed by atoms with E-state index < -0.39 is 23.7 Å². The minimum Gasteiger partial charge on any atom is -0.370 e. The summed E-state index contributed by atoms with van der Waals surface area (Å²) in [5, 5.41) is 0. The fourth-order valence-electron chi connectivity index (χ4n) is 2.16. The van der Waals surface area contributed by atoms with Crippen LogP contribution < -0.4 is 11.5 Å². The maximum absolute atomic E-state index is 12.8. The zero-order valence-electron chi connectivity index (χ0n) is 11.6. The topological polar surface area (TPSA) is 69.1 Å². The zero-order valence-corrected chi connectivity index (χ0v) is 11.6. The SMILES string of the molecule is NC(=O)CC(N)c1cccc(-c2cccc(C(F)(F)F)c2)c1. The first kappa shape index (κ1) is 16.0. The van der Waals surface area contributed by atoms with Gasteiger partial charge in [-0.25, -0.2) is 0 Å². The first-order valence-corrected chi connectivity index (χ1v) is 6.59. The number of primary amides is 1. The Morgan fingerprint density at radius 3 is 2.23 bits per heavy atom. The van der Waals surface area contributed by atoms with Gasteiger partial charge in [0.15, 0.2) is 0 Å². The van der Waals surface area contributed by atoms with Gasteiger partial charge in [-0.15, -0.1) is 0 Å². The van der Waals surface area contributed by atoms with E-state index in [9.17, 15) is 18.0 Å². The summed E-state index contributed by atoms with van der Waals surface area (Å²) in [5.74, 6) is -0.531. The lowest BCUT2D eigenvalue weighted by atomic mass is 9.97. The Kier molecular flexibility index (Phi) is 4.51. The molecular weight excluding hydrogens is 293 g/mol. The van der Waals surface area contributed by atoms with Crippen molar-refractivity contribution in [2.24, 2.45) is 11.5 Å². The molecule has 4 N–H and O–H groups in total. The van der Waals surface area contributed by atoms with Gasteiger partial charge in [-0.1, -0.05) is 30.3 Å². The van der Waals surface area contributed by atoms with E-state index in [4.69, 9.17) is 11.5 Å². The van der Waals surface area contributed by atoms with Crippen LogP contribution in [0, 0.1) is 0 Å². The number of halogens is 3. The van der Waals surface area contributed by atoms with Crippen molar-refractivity contribution < 1.29 is 18.0 Å². The van der Waals surface area contributed by atoms with Gasteiger partial charge in [0.05, 0.1) is 5.56 Å². The molecule has 0 aliphatic heterocycles. The van der Waals surface area contributed by atoms with Gasteiger partial charge in [-0.2, -0.15) is 13.2 Å². The van der Waals surface area contributed by atoms with Gasteiger partial charge in [-0.05, 0) is 34.9 Å². The van der Waals surface area contributed by atoms with Crippen LogP contribution in [0.2, 0.25) is 0 Å². The highest BCUT2D eigenvalue weighted by molar-refractivity contribution is 5.75. The predicted molar refractivity (Wildman–Crippen MR) is 77.6 cm³/mol. The van der Waals surface area contributed by atoms with E-state index in [1.807, 2.05) is 0 Å². The molecule has 2 aromatic carbocycles. The van der Waals surface area contributed by atoms with E-state index in [0.717, 1.165) is 12.1 Å². The standard InChI is InChI=1S/C16H15F3N2O/c17-16(18,19)13-6-2-4-11(8-13)10-3-1-5-12(7-10)14(20)9-15(21)22/h1-8,14H,9,20H2,(H2,21,22). The Bertz CT molecular complexity index is 683. The van der Waals surface area contributed by atoms with E-state index in [1.54, 1.807) is 30.3 Å². The Morgan fingerprint density at radius 2 is 1.64 bits per heavy atom. The highest BCUT2D eigenvalue weighted by Crippen LogP contribution is 2.32. The van der Waals surface area contributed by atoms with Crippen LogP contribution in [0.1, 0.15) is 23.6 Å². The largest absolute Gasteiger partial charge is 0.416 e. The van der Waals surface area contributed by atoms with Crippen LogP contribution in [0.25, 0.3) is 11.1 Å². The summed E-state index contributed by atoms with van der Waals surface area (Å²) in [4.78, 5) is 10.9. The summed E-state index contributed by atoms with van der Waals surface area (Å²) >= 11 is 0. The molecule has 0 radical (unpaired) electrons. The van der Waals surface area contributed by atoms with Crippen molar-refractivity contribution in [3.63, 3.8) is 0 Å². The van der Waals surface area contributed by atoms with Gasteiger partial charge in [0.25, 0.3) is 0 Å². The molecule has 1 atom stereocenters. The van der Waals surface area contributed by atoms with Gasteiger partial charge in [0.2, 0.25) is 5.91 Å². The molecule has 3 nitrogen and oxygen atoms in total. The van der Waals surface area contributed by atoms with Crippen molar-refractivity contribution in [2.75, 3.05) is 0 Å². The molecule has 1 amide bonds. The zero-order chi connectivity index (χ0) is 16.3. The Labute approximate surface area is 125 Å². The third kappa shape index (κ3) is 3.85. The number of amides is 1. The van der Waals surface area contributed by atoms with Gasteiger partial charge >= 0.3 is 6.18 Å². The van der Waals surface area contributed by atoms with Crippen LogP contribution >= 0.6 is 0 Å². The Balaban J connectivity index is 2.36. The van der Waals surface area contributed by atoms with Crippen molar-refractivity contribution >= 4 is 5.91 Å². The van der Waals surface area contributed by atoms with E-state index in [1.165, 1.54) is 6.07 Å². The van der Waals surface area contributed by atoms with Gasteiger partial charge in [0.1, 0.15) is 0 Å². The third-order valence-electron chi connectivity index (χ3n) is 3.26. The predicted octanol–water partition coefficient (Wildman–Crippen LogP) is 3.25. The second-order valence-corrected chi connectivity index (χ2v) is 4.98. The highest BCUT2D eigenvalue weighted by atomic mass is 19.4. The van der Waals surface area contributed by atoms with Crippen LogP contribution in [0.4, 0.5) is 13.2 Å². The lowest BCUT2D eigenvalue weighted by Gasteiger charge is -2.13. The third-order valence-corrected chi connectivity index (χ3v) is 3.26. The molecule has 2 rings (SSSR count). The second kappa shape index (κ2) is 6.19. The van der Waals surface area contributed by atoms with Gasteiger partial charge < -0.3 is 11.5 Å². The molecule has 0 bridgehead atoms. The molecule has 0 spiro atoms. The summed E-state index contributed by atoms with van der Waals surface area (Å²) in [5.41, 5.74) is 11.9. The van der Waals surface area contributed by atoms with E-state index in [2.05, 4.69) is 0 Å². The number of carbonyl (C=O) groups is 1. The number of hydrogen-bond acceptors (Lipinski definition) is 2. The average Bonchev–Trinajstić information content (AvgIpc) is 2.46. The van der Waals surface area contributed by atoms with E-state index >= 15 is 0 Å². The quantitative estimate of drug-likeness (QED) is 0.910. The van der Waals surface area contributed by atoms with Crippen molar-refractivity contribution in [1.29, 1.82) is 0 Å². The highest BCUT2D eigenvalue weighted by Gasteiger charge is 2.30. The molecule has 0 saturated carbocycles. The smallest absolute Gasteiger partial charge is 0.370 e. The van der Waals surface area contributed by atoms with Crippen LogP contribution in [0.15, 0.2) is 48.5 Å². The molecule has 1 unspecified atom stereocenters. The normalized spacial score (nSPS) is 12.9. The first-order chi connectivity index (χ1) is 10.3. The number of carbonyl (C=O) groups excluding carboxylic acids is 1. The Morgan fingerprint density at radius 1 is 1.05 bits per heavy atom. The molecule has 2 aromatic rings. The summed E-state index contributed by atoms with van der Waals surface area (Å²) in [6.45, 7) is 0. The molecule has 0 aromatic heterocycles. The van der Waals surface area contributed by atoms with Gasteiger partial charge in [0, 0.05) is 12.5 Å². The maximum Gasteiger partial charge on any atom is 0.416 e. The van der Waals surface area contributed by atoms with Crippen molar-refractivity contribution in [1.82, 2.24) is 0 Å². The fourth-order valence-corrected chi connectivity index (χ4v) is 2.16. The molecule has 0 saturated heterocycles. The molecule has 6 heteroatoms.